The number of hydrogen-bond acceptors (Lipinski definition) is 7. The molecule has 34 heavy (non-hydrogen) atoms. The van der Waals surface area contributed by atoms with Crippen LogP contribution in [-0.2, 0) is 4.74 Å². The number of ether oxygens (including phenoxy) is 2. The van der Waals surface area contributed by atoms with E-state index in [-0.39, 0.29) is 29.4 Å². The summed E-state index contributed by atoms with van der Waals surface area (Å²) in [6.45, 7) is 7.20. The molecule has 0 fully saturated rings. The lowest BCUT2D eigenvalue weighted by Gasteiger charge is -2.21. The van der Waals surface area contributed by atoms with E-state index >= 15 is 0 Å². The van der Waals surface area contributed by atoms with Crippen molar-refractivity contribution in [1.82, 2.24) is 4.98 Å². The molecule has 0 saturated carbocycles. The first-order valence-corrected chi connectivity index (χ1v) is 10.9. The molecule has 3 aromatic rings. The third-order valence-electron chi connectivity index (χ3n) is 4.64. The topological polar surface area (TPSA) is 133 Å². The first-order chi connectivity index (χ1) is 16.1. The van der Waals surface area contributed by atoms with Crippen LogP contribution in [0, 0.1) is 0 Å². The predicted molar refractivity (Wildman–Crippen MR) is 128 cm³/mol. The van der Waals surface area contributed by atoms with Crippen LogP contribution in [0.5, 0.6) is 11.5 Å². The number of carbonyl (C=O) groups excluding carboxylic acids is 2. The summed E-state index contributed by atoms with van der Waals surface area (Å²) in [4.78, 5) is 27.2. The van der Waals surface area contributed by atoms with E-state index in [9.17, 15) is 19.8 Å². The molecule has 0 aliphatic rings. The van der Waals surface area contributed by atoms with E-state index in [1.165, 1.54) is 12.1 Å². The second kappa shape index (κ2) is 10.8. The summed E-state index contributed by atoms with van der Waals surface area (Å²) in [7, 11) is 0. The Bertz CT molecular complexity index is 1140. The number of benzene rings is 2. The number of aromatic amines is 1. The van der Waals surface area contributed by atoms with Crippen molar-refractivity contribution in [2.75, 3.05) is 10.6 Å². The molecule has 2 aromatic carbocycles. The average Bonchev–Trinajstić information content (AvgIpc) is 3.29. The van der Waals surface area contributed by atoms with Crippen LogP contribution in [0.1, 0.15) is 60.3 Å². The number of anilines is 2. The molecule has 1 unspecified atom stereocenters. The summed E-state index contributed by atoms with van der Waals surface area (Å²) in [5.74, 6) is -0.706. The fraction of sp³-hybridized carbons (Fsp3) is 0.280. The normalized spacial score (nSPS) is 11.9. The van der Waals surface area contributed by atoms with E-state index in [0.717, 1.165) is 0 Å². The quantitative estimate of drug-likeness (QED) is 0.232. The number of rotatable bonds is 9. The van der Waals surface area contributed by atoms with E-state index in [0.29, 0.717) is 28.4 Å². The standard InChI is InChI=1S/C25H29N3O6/c1-14(2)33-22-12-16(25(32)34-15(3)4)7-10-19(22)28-23(30)18-9-8-17(13-21(18)29)27-24(31)20-6-5-11-26-20/h5-15,23,26,28-30H,1-4H3,(H,27,31). The summed E-state index contributed by atoms with van der Waals surface area (Å²) in [6.07, 6.45) is -0.115. The van der Waals surface area contributed by atoms with Crippen LogP contribution in [0.4, 0.5) is 11.4 Å². The lowest BCUT2D eigenvalue weighted by Crippen LogP contribution is -2.15. The van der Waals surface area contributed by atoms with Crippen LogP contribution in [0.3, 0.4) is 0 Å². The molecule has 3 rings (SSSR count). The predicted octanol–water partition coefficient (Wildman–Crippen LogP) is 4.43. The molecule has 0 saturated heterocycles. The fourth-order valence-electron chi connectivity index (χ4n) is 3.15. The monoisotopic (exact) mass is 467 g/mol. The van der Waals surface area contributed by atoms with E-state index in [1.807, 2.05) is 13.8 Å². The minimum Gasteiger partial charge on any atom is -0.507 e. The third-order valence-corrected chi connectivity index (χ3v) is 4.64. The number of aromatic hydroxyl groups is 1. The summed E-state index contributed by atoms with van der Waals surface area (Å²) < 4.78 is 11.0. The summed E-state index contributed by atoms with van der Waals surface area (Å²) in [5.41, 5.74) is 1.67. The Morgan fingerprint density at radius 1 is 1.00 bits per heavy atom. The van der Waals surface area contributed by atoms with Crippen LogP contribution in [-0.4, -0.2) is 39.3 Å². The Morgan fingerprint density at radius 3 is 2.38 bits per heavy atom. The van der Waals surface area contributed by atoms with Gasteiger partial charge in [0.1, 0.15) is 17.2 Å². The van der Waals surface area contributed by atoms with Crippen molar-refractivity contribution in [3.05, 3.63) is 71.5 Å². The van der Waals surface area contributed by atoms with Gasteiger partial charge in [-0.05, 0) is 70.2 Å². The largest absolute Gasteiger partial charge is 0.507 e. The molecular formula is C25H29N3O6. The molecule has 0 radical (unpaired) electrons. The van der Waals surface area contributed by atoms with E-state index < -0.39 is 12.2 Å². The summed E-state index contributed by atoms with van der Waals surface area (Å²) >= 11 is 0. The van der Waals surface area contributed by atoms with Crippen molar-refractivity contribution in [2.45, 2.75) is 46.1 Å². The van der Waals surface area contributed by atoms with Crippen LogP contribution in [0.2, 0.25) is 0 Å². The maximum absolute atomic E-state index is 12.3. The van der Waals surface area contributed by atoms with Crippen molar-refractivity contribution in [3.8, 4) is 11.5 Å². The molecule has 9 heteroatoms. The third kappa shape index (κ3) is 6.29. The maximum Gasteiger partial charge on any atom is 0.338 e. The van der Waals surface area contributed by atoms with Gasteiger partial charge in [0, 0.05) is 23.5 Å². The van der Waals surface area contributed by atoms with Gasteiger partial charge in [-0.1, -0.05) is 0 Å². The van der Waals surface area contributed by atoms with Gasteiger partial charge in [-0.3, -0.25) is 4.79 Å². The smallest absolute Gasteiger partial charge is 0.338 e. The van der Waals surface area contributed by atoms with Crippen molar-refractivity contribution in [2.24, 2.45) is 0 Å². The minimum atomic E-state index is -1.30. The second-order valence-electron chi connectivity index (χ2n) is 8.19. The SMILES string of the molecule is CC(C)OC(=O)c1ccc(NC(O)c2ccc(NC(=O)c3ccc[nH]3)cc2O)c(OC(C)C)c1. The Kier molecular flexibility index (Phi) is 7.80. The van der Waals surface area contributed by atoms with Crippen molar-refractivity contribution < 1.29 is 29.3 Å². The zero-order valence-corrected chi connectivity index (χ0v) is 19.5. The number of phenols is 1. The molecule has 0 bridgehead atoms. The molecule has 1 heterocycles. The Hall–Kier alpha value is -3.98. The number of amides is 1. The molecule has 1 atom stereocenters. The number of H-pyrrole nitrogens is 1. The van der Waals surface area contributed by atoms with Gasteiger partial charge in [-0.2, -0.15) is 0 Å². The van der Waals surface area contributed by atoms with Gasteiger partial charge in [-0.15, -0.1) is 0 Å². The molecule has 1 amide bonds. The molecule has 1 aromatic heterocycles. The highest BCUT2D eigenvalue weighted by Crippen LogP contribution is 2.33. The number of aliphatic hydroxyl groups excluding tert-OH is 1. The number of aliphatic hydroxyl groups is 1. The number of hydrogen-bond donors (Lipinski definition) is 5. The molecular weight excluding hydrogens is 438 g/mol. The van der Waals surface area contributed by atoms with E-state index in [1.54, 1.807) is 56.4 Å². The van der Waals surface area contributed by atoms with Crippen LogP contribution < -0.4 is 15.4 Å². The molecule has 9 nitrogen and oxygen atoms in total. The highest BCUT2D eigenvalue weighted by molar-refractivity contribution is 6.03. The zero-order chi connectivity index (χ0) is 24.8. The van der Waals surface area contributed by atoms with Gasteiger partial charge in [0.25, 0.3) is 5.91 Å². The summed E-state index contributed by atoms with van der Waals surface area (Å²) in [5, 5.41) is 26.7. The lowest BCUT2D eigenvalue weighted by atomic mass is 10.1. The van der Waals surface area contributed by atoms with Gasteiger partial charge in [-0.25, -0.2) is 4.79 Å². The summed E-state index contributed by atoms with van der Waals surface area (Å²) in [6, 6.07) is 12.4. The number of nitrogens with one attached hydrogen (secondary N) is 3. The molecule has 0 aliphatic heterocycles. The number of carbonyl (C=O) groups is 2. The van der Waals surface area contributed by atoms with Crippen molar-refractivity contribution in [3.63, 3.8) is 0 Å². The second-order valence-corrected chi connectivity index (χ2v) is 8.19. The van der Waals surface area contributed by atoms with Crippen molar-refractivity contribution >= 4 is 23.3 Å². The van der Waals surface area contributed by atoms with Crippen LogP contribution in [0.15, 0.2) is 54.7 Å². The Morgan fingerprint density at radius 2 is 1.76 bits per heavy atom. The van der Waals surface area contributed by atoms with E-state index in [2.05, 4.69) is 15.6 Å². The first kappa shape index (κ1) is 24.7. The number of esters is 1. The van der Waals surface area contributed by atoms with Gasteiger partial charge in [0.15, 0.2) is 6.23 Å². The Labute approximate surface area is 197 Å². The lowest BCUT2D eigenvalue weighted by molar-refractivity contribution is 0.0377. The molecule has 180 valence electrons. The van der Waals surface area contributed by atoms with Gasteiger partial charge >= 0.3 is 5.97 Å². The number of aromatic nitrogens is 1. The maximum atomic E-state index is 12.3. The highest BCUT2D eigenvalue weighted by atomic mass is 16.5. The highest BCUT2D eigenvalue weighted by Gasteiger charge is 2.19. The average molecular weight is 468 g/mol. The minimum absolute atomic E-state index is 0.190. The zero-order valence-electron chi connectivity index (χ0n) is 19.5. The Balaban J connectivity index is 1.77. The van der Waals surface area contributed by atoms with Gasteiger partial charge < -0.3 is 35.3 Å². The van der Waals surface area contributed by atoms with Crippen molar-refractivity contribution in [1.29, 1.82) is 0 Å². The first-order valence-electron chi connectivity index (χ1n) is 10.9. The molecule has 0 aliphatic carbocycles. The van der Waals surface area contributed by atoms with Gasteiger partial charge in [0.05, 0.1) is 23.5 Å². The fourth-order valence-corrected chi connectivity index (χ4v) is 3.15. The van der Waals surface area contributed by atoms with E-state index in [4.69, 9.17) is 9.47 Å². The van der Waals surface area contributed by atoms with Gasteiger partial charge in [0.2, 0.25) is 0 Å². The van der Waals surface area contributed by atoms with Crippen LogP contribution in [0.25, 0.3) is 0 Å². The number of phenolic OH excluding ortho intramolecular Hbond substituents is 1. The molecule has 5 N–H and O–H groups in total. The molecule has 0 spiro atoms. The van der Waals surface area contributed by atoms with Crippen LogP contribution >= 0.6 is 0 Å².